The van der Waals surface area contributed by atoms with Crippen molar-refractivity contribution in [2.24, 2.45) is 0 Å². The van der Waals surface area contributed by atoms with Crippen LogP contribution < -0.4 is 10.6 Å². The van der Waals surface area contributed by atoms with Crippen LogP contribution in [-0.4, -0.2) is 23.5 Å². The van der Waals surface area contributed by atoms with E-state index in [1.165, 1.54) is 12.8 Å². The van der Waals surface area contributed by atoms with E-state index in [1.54, 1.807) is 12.4 Å². The molecule has 0 aromatic carbocycles. The van der Waals surface area contributed by atoms with Crippen LogP contribution in [0.5, 0.6) is 0 Å². The first-order valence-electron chi connectivity index (χ1n) is 6.68. The highest BCUT2D eigenvalue weighted by Gasteiger charge is 2.16. The molecule has 1 amide bonds. The molecule has 1 aromatic heterocycles. The molecule has 1 aliphatic rings. The van der Waals surface area contributed by atoms with Crippen LogP contribution in [0.25, 0.3) is 0 Å². The second kappa shape index (κ2) is 6.50. The second-order valence-electron chi connectivity index (χ2n) is 4.91. The molecule has 2 N–H and O–H groups in total. The average molecular weight is 247 g/mol. The van der Waals surface area contributed by atoms with Gasteiger partial charge in [-0.05, 0) is 44.4 Å². The highest BCUT2D eigenvalue weighted by atomic mass is 16.1. The highest BCUT2D eigenvalue weighted by Crippen LogP contribution is 2.13. The van der Waals surface area contributed by atoms with Crippen molar-refractivity contribution < 1.29 is 4.79 Å². The van der Waals surface area contributed by atoms with E-state index in [2.05, 4.69) is 15.6 Å². The van der Waals surface area contributed by atoms with Gasteiger partial charge in [0.15, 0.2) is 0 Å². The van der Waals surface area contributed by atoms with Crippen LogP contribution in [0.15, 0.2) is 24.5 Å². The number of carbonyl (C=O) groups is 1. The third-order valence-corrected chi connectivity index (χ3v) is 3.44. The molecule has 1 aromatic rings. The van der Waals surface area contributed by atoms with Crippen molar-refractivity contribution in [3.05, 3.63) is 30.1 Å². The summed E-state index contributed by atoms with van der Waals surface area (Å²) in [4.78, 5) is 15.9. The minimum Gasteiger partial charge on any atom is -0.350 e. The molecule has 0 aliphatic carbocycles. The van der Waals surface area contributed by atoms with Gasteiger partial charge in [-0.3, -0.25) is 9.78 Å². The fourth-order valence-electron chi connectivity index (χ4n) is 2.34. The maximum Gasteiger partial charge on any atom is 0.220 e. The summed E-state index contributed by atoms with van der Waals surface area (Å²) in [6.07, 6.45) is 7.50. The van der Waals surface area contributed by atoms with Crippen LogP contribution in [-0.2, 0) is 4.79 Å². The predicted molar refractivity (Wildman–Crippen MR) is 71.1 cm³/mol. The molecule has 1 aliphatic heterocycles. The van der Waals surface area contributed by atoms with Crippen molar-refractivity contribution in [1.82, 2.24) is 15.6 Å². The lowest BCUT2D eigenvalue weighted by molar-refractivity contribution is -0.121. The normalized spacial score (nSPS) is 20.6. The zero-order valence-electron chi connectivity index (χ0n) is 10.9. The minimum atomic E-state index is 0.0303. The SMILES string of the molecule is C[C@H](NC(=O)CCC1CCCN1)c1cccnc1. The van der Waals surface area contributed by atoms with E-state index in [4.69, 9.17) is 0 Å². The Morgan fingerprint density at radius 1 is 1.67 bits per heavy atom. The number of nitrogens with zero attached hydrogens (tertiary/aromatic N) is 1. The van der Waals surface area contributed by atoms with Gasteiger partial charge >= 0.3 is 0 Å². The lowest BCUT2D eigenvalue weighted by atomic mass is 10.1. The molecule has 98 valence electrons. The van der Waals surface area contributed by atoms with Crippen LogP contribution in [0.2, 0.25) is 0 Å². The van der Waals surface area contributed by atoms with E-state index in [9.17, 15) is 4.79 Å². The quantitative estimate of drug-likeness (QED) is 0.834. The van der Waals surface area contributed by atoms with Crippen LogP contribution in [0.3, 0.4) is 0 Å². The van der Waals surface area contributed by atoms with Gasteiger partial charge in [-0.25, -0.2) is 0 Å². The van der Waals surface area contributed by atoms with E-state index in [-0.39, 0.29) is 11.9 Å². The summed E-state index contributed by atoms with van der Waals surface area (Å²) in [7, 11) is 0. The van der Waals surface area contributed by atoms with E-state index < -0.39 is 0 Å². The molecule has 4 heteroatoms. The summed E-state index contributed by atoms with van der Waals surface area (Å²) in [6.45, 7) is 3.08. The highest BCUT2D eigenvalue weighted by molar-refractivity contribution is 5.76. The standard InChI is InChI=1S/C14H21N3O/c1-11(12-4-2-8-15-10-12)17-14(18)7-6-13-5-3-9-16-13/h2,4,8,10-11,13,16H,3,5-7,9H2,1H3,(H,17,18)/t11-,13?/m0/s1. The number of nitrogens with one attached hydrogen (secondary N) is 2. The molecule has 4 nitrogen and oxygen atoms in total. The number of hydrogen-bond acceptors (Lipinski definition) is 3. The Balaban J connectivity index is 1.73. The van der Waals surface area contributed by atoms with E-state index in [1.807, 2.05) is 19.1 Å². The van der Waals surface area contributed by atoms with Gasteiger partial charge in [0, 0.05) is 24.9 Å². The first kappa shape index (κ1) is 13.0. The summed E-state index contributed by atoms with van der Waals surface area (Å²) < 4.78 is 0. The second-order valence-corrected chi connectivity index (χ2v) is 4.91. The molecule has 0 spiro atoms. The Morgan fingerprint density at radius 2 is 2.56 bits per heavy atom. The molecule has 0 saturated carbocycles. The topological polar surface area (TPSA) is 54.0 Å². The van der Waals surface area contributed by atoms with Crippen molar-refractivity contribution >= 4 is 5.91 Å². The molecule has 1 unspecified atom stereocenters. The van der Waals surface area contributed by atoms with Gasteiger partial charge < -0.3 is 10.6 Å². The van der Waals surface area contributed by atoms with Crippen molar-refractivity contribution in [3.8, 4) is 0 Å². The van der Waals surface area contributed by atoms with E-state index in [0.717, 1.165) is 18.5 Å². The molecule has 0 bridgehead atoms. The lowest BCUT2D eigenvalue weighted by Gasteiger charge is -2.15. The van der Waals surface area contributed by atoms with Crippen LogP contribution in [0, 0.1) is 0 Å². The van der Waals surface area contributed by atoms with Crippen molar-refractivity contribution in [1.29, 1.82) is 0 Å². The van der Waals surface area contributed by atoms with Crippen LogP contribution >= 0.6 is 0 Å². The minimum absolute atomic E-state index is 0.0303. The number of aromatic nitrogens is 1. The van der Waals surface area contributed by atoms with Gasteiger partial charge in [0.1, 0.15) is 0 Å². The third kappa shape index (κ3) is 3.81. The molecule has 2 rings (SSSR count). The largest absolute Gasteiger partial charge is 0.350 e. The molecule has 2 heterocycles. The molecular formula is C14H21N3O. The molecule has 1 saturated heterocycles. The Morgan fingerprint density at radius 3 is 3.22 bits per heavy atom. The van der Waals surface area contributed by atoms with Crippen molar-refractivity contribution in [2.75, 3.05) is 6.54 Å². The monoisotopic (exact) mass is 247 g/mol. The first-order chi connectivity index (χ1) is 8.75. The molecule has 18 heavy (non-hydrogen) atoms. The number of pyridine rings is 1. The number of hydrogen-bond donors (Lipinski definition) is 2. The van der Waals surface area contributed by atoms with Crippen molar-refractivity contribution in [2.45, 2.75) is 44.7 Å². The Kier molecular flexibility index (Phi) is 4.70. The van der Waals surface area contributed by atoms with Crippen LogP contribution in [0.1, 0.15) is 44.2 Å². The molecule has 0 radical (unpaired) electrons. The van der Waals surface area contributed by atoms with Gasteiger partial charge in [-0.2, -0.15) is 0 Å². The summed E-state index contributed by atoms with van der Waals surface area (Å²) in [5.74, 6) is 0.125. The average Bonchev–Trinajstić information content (AvgIpc) is 2.90. The third-order valence-electron chi connectivity index (χ3n) is 3.44. The van der Waals surface area contributed by atoms with E-state index in [0.29, 0.717) is 12.5 Å². The van der Waals surface area contributed by atoms with E-state index >= 15 is 0 Å². The predicted octanol–water partition coefficient (Wildman–Crippen LogP) is 1.79. The molecule has 1 fully saturated rings. The zero-order valence-corrected chi connectivity index (χ0v) is 10.9. The zero-order chi connectivity index (χ0) is 12.8. The number of rotatable bonds is 5. The van der Waals surface area contributed by atoms with Gasteiger partial charge in [-0.1, -0.05) is 6.07 Å². The fraction of sp³-hybridized carbons (Fsp3) is 0.571. The fourth-order valence-corrected chi connectivity index (χ4v) is 2.34. The van der Waals surface area contributed by atoms with Gasteiger partial charge in [0.25, 0.3) is 0 Å². The smallest absolute Gasteiger partial charge is 0.220 e. The van der Waals surface area contributed by atoms with Gasteiger partial charge in [-0.15, -0.1) is 0 Å². The summed E-state index contributed by atoms with van der Waals surface area (Å²) in [6, 6.07) is 4.43. The maximum atomic E-state index is 11.8. The Bertz CT molecular complexity index is 374. The molecule has 2 atom stereocenters. The summed E-state index contributed by atoms with van der Waals surface area (Å²) in [5.41, 5.74) is 1.05. The van der Waals surface area contributed by atoms with Crippen molar-refractivity contribution in [3.63, 3.8) is 0 Å². The number of amides is 1. The molecular weight excluding hydrogens is 226 g/mol. The van der Waals surface area contributed by atoms with Gasteiger partial charge in [0.05, 0.1) is 6.04 Å². The Labute approximate surface area is 108 Å². The van der Waals surface area contributed by atoms with Crippen LogP contribution in [0.4, 0.5) is 0 Å². The number of carbonyl (C=O) groups excluding carboxylic acids is 1. The van der Waals surface area contributed by atoms with Gasteiger partial charge in [0.2, 0.25) is 5.91 Å². The first-order valence-corrected chi connectivity index (χ1v) is 6.68. The maximum absolute atomic E-state index is 11.8. The Hall–Kier alpha value is -1.42. The summed E-state index contributed by atoms with van der Waals surface area (Å²) >= 11 is 0. The lowest BCUT2D eigenvalue weighted by Crippen LogP contribution is -2.29. The summed E-state index contributed by atoms with van der Waals surface area (Å²) in [5, 5.41) is 6.42.